The fourth-order valence-corrected chi connectivity index (χ4v) is 3.67. The van der Waals surface area contributed by atoms with Gasteiger partial charge in [-0.15, -0.1) is 0 Å². The van der Waals surface area contributed by atoms with Crippen molar-refractivity contribution in [3.8, 4) is 0 Å². The lowest BCUT2D eigenvalue weighted by molar-refractivity contribution is -0.308. The molecule has 0 radical (unpaired) electrons. The van der Waals surface area contributed by atoms with E-state index >= 15 is 0 Å². The topological polar surface area (TPSA) is 32.8 Å². The van der Waals surface area contributed by atoms with Gasteiger partial charge in [0.25, 0.3) is 6.10 Å². The van der Waals surface area contributed by atoms with Gasteiger partial charge in [-0.3, -0.25) is 0 Å². The van der Waals surface area contributed by atoms with Gasteiger partial charge in [-0.25, -0.2) is 4.79 Å². The van der Waals surface area contributed by atoms with Crippen LogP contribution in [0.3, 0.4) is 0 Å². The lowest BCUT2D eigenvalue weighted by Gasteiger charge is -2.35. The van der Waals surface area contributed by atoms with E-state index in [0.29, 0.717) is 12.0 Å². The summed E-state index contributed by atoms with van der Waals surface area (Å²) in [7, 11) is 0. The normalized spacial score (nSPS) is 18.2. The minimum atomic E-state index is -5.72. The third-order valence-corrected chi connectivity index (χ3v) is 5.01. The molecule has 0 atom stereocenters. The molecular formula is C18H20F6N2O2. The standard InChI is InChI=1S/C18H20F6N2O2/c19-17(20,21)15(18(22,23)24)28-16(27)26-10-7-13-12(11-26)5-4-6-14(13)25-8-2-1-3-9-25/h4-6,15H,1-3,7-11H2. The molecule has 0 saturated carbocycles. The van der Waals surface area contributed by atoms with Gasteiger partial charge in [0.1, 0.15) is 0 Å². The molecule has 2 heterocycles. The van der Waals surface area contributed by atoms with Crippen molar-refractivity contribution >= 4 is 11.8 Å². The molecule has 0 unspecified atom stereocenters. The van der Waals surface area contributed by atoms with Gasteiger partial charge in [0, 0.05) is 31.9 Å². The Balaban J connectivity index is 1.73. The molecule has 1 fully saturated rings. The van der Waals surface area contributed by atoms with Crippen molar-refractivity contribution in [1.82, 2.24) is 4.90 Å². The number of anilines is 1. The number of benzene rings is 1. The maximum Gasteiger partial charge on any atom is 0.434 e. The van der Waals surface area contributed by atoms with E-state index in [1.54, 1.807) is 12.1 Å². The number of ether oxygens (including phenoxy) is 1. The summed E-state index contributed by atoms with van der Waals surface area (Å²) >= 11 is 0. The van der Waals surface area contributed by atoms with Crippen LogP contribution >= 0.6 is 0 Å². The van der Waals surface area contributed by atoms with E-state index < -0.39 is 24.5 Å². The molecule has 156 valence electrons. The first-order valence-corrected chi connectivity index (χ1v) is 9.02. The molecule has 2 aliphatic rings. The zero-order valence-corrected chi connectivity index (χ0v) is 14.9. The Bertz CT molecular complexity index is 699. The molecule has 28 heavy (non-hydrogen) atoms. The van der Waals surface area contributed by atoms with Gasteiger partial charge < -0.3 is 14.5 Å². The number of carbonyl (C=O) groups is 1. The highest BCUT2D eigenvalue weighted by molar-refractivity contribution is 5.69. The van der Waals surface area contributed by atoms with Gasteiger partial charge in [0.2, 0.25) is 0 Å². The molecule has 1 aromatic carbocycles. The second-order valence-electron chi connectivity index (χ2n) is 6.98. The molecule has 1 saturated heterocycles. The van der Waals surface area contributed by atoms with Crippen LogP contribution in [0.1, 0.15) is 30.4 Å². The van der Waals surface area contributed by atoms with Gasteiger partial charge in [0.15, 0.2) is 0 Å². The number of piperidine rings is 1. The third kappa shape index (κ3) is 4.47. The molecule has 0 bridgehead atoms. The van der Waals surface area contributed by atoms with E-state index in [1.807, 2.05) is 6.07 Å². The summed E-state index contributed by atoms with van der Waals surface area (Å²) in [5.41, 5.74) is 2.71. The van der Waals surface area contributed by atoms with Crippen LogP contribution in [0.25, 0.3) is 0 Å². The predicted molar refractivity (Wildman–Crippen MR) is 89.0 cm³/mol. The Kier molecular flexibility index (Phi) is 5.67. The van der Waals surface area contributed by atoms with E-state index in [1.165, 1.54) is 0 Å². The van der Waals surface area contributed by atoms with Gasteiger partial charge in [0.05, 0.1) is 0 Å². The van der Waals surface area contributed by atoms with Crippen molar-refractivity contribution in [1.29, 1.82) is 0 Å². The van der Waals surface area contributed by atoms with Crippen LogP contribution < -0.4 is 4.90 Å². The first-order valence-electron chi connectivity index (χ1n) is 9.02. The van der Waals surface area contributed by atoms with Crippen molar-refractivity contribution < 1.29 is 35.9 Å². The van der Waals surface area contributed by atoms with Crippen LogP contribution in [0.15, 0.2) is 18.2 Å². The highest BCUT2D eigenvalue weighted by Gasteiger charge is 2.60. The summed E-state index contributed by atoms with van der Waals surface area (Å²) < 4.78 is 79.5. The highest BCUT2D eigenvalue weighted by atomic mass is 19.4. The lowest BCUT2D eigenvalue weighted by atomic mass is 9.96. The van der Waals surface area contributed by atoms with Crippen molar-refractivity contribution in [2.45, 2.75) is 50.7 Å². The molecular weight excluding hydrogens is 390 g/mol. The van der Waals surface area contributed by atoms with Gasteiger partial charge >= 0.3 is 18.4 Å². The van der Waals surface area contributed by atoms with Gasteiger partial charge in [-0.2, -0.15) is 26.3 Å². The molecule has 4 nitrogen and oxygen atoms in total. The van der Waals surface area contributed by atoms with Crippen molar-refractivity contribution in [2.24, 2.45) is 0 Å². The molecule has 3 rings (SSSR count). The summed E-state index contributed by atoms with van der Waals surface area (Å²) in [5, 5.41) is 0. The maximum atomic E-state index is 12.6. The number of carbonyl (C=O) groups excluding carboxylic acids is 1. The highest BCUT2D eigenvalue weighted by Crippen LogP contribution is 2.37. The van der Waals surface area contributed by atoms with Crippen LogP contribution in [0.4, 0.5) is 36.8 Å². The fraction of sp³-hybridized carbons (Fsp3) is 0.611. The first-order chi connectivity index (χ1) is 13.1. The lowest BCUT2D eigenvalue weighted by Crippen LogP contribution is -2.48. The Morgan fingerprint density at radius 1 is 0.964 bits per heavy atom. The monoisotopic (exact) mass is 410 g/mol. The number of rotatable bonds is 2. The van der Waals surface area contributed by atoms with E-state index in [4.69, 9.17) is 0 Å². The van der Waals surface area contributed by atoms with Crippen LogP contribution in [0.5, 0.6) is 0 Å². The smallest absolute Gasteiger partial charge is 0.426 e. The Labute approximate surface area is 158 Å². The predicted octanol–water partition coefficient (Wildman–Crippen LogP) is 4.66. The van der Waals surface area contributed by atoms with Crippen LogP contribution in [0.2, 0.25) is 0 Å². The molecule has 0 N–H and O–H groups in total. The summed E-state index contributed by atoms with van der Waals surface area (Å²) in [4.78, 5) is 15.1. The Hall–Kier alpha value is -2.13. The Morgan fingerprint density at radius 2 is 1.61 bits per heavy atom. The van der Waals surface area contributed by atoms with Crippen LogP contribution in [-0.4, -0.2) is 49.1 Å². The average molecular weight is 410 g/mol. The largest absolute Gasteiger partial charge is 0.434 e. The minimum absolute atomic E-state index is 0.000872. The Morgan fingerprint density at radius 3 is 2.21 bits per heavy atom. The number of hydrogen-bond acceptors (Lipinski definition) is 3. The van der Waals surface area contributed by atoms with Crippen molar-refractivity contribution in [3.05, 3.63) is 29.3 Å². The van der Waals surface area contributed by atoms with E-state index in [2.05, 4.69) is 9.64 Å². The number of alkyl halides is 6. The van der Waals surface area contributed by atoms with Crippen LogP contribution in [0, 0.1) is 0 Å². The summed E-state index contributed by atoms with van der Waals surface area (Å²) in [6.45, 7) is 1.72. The average Bonchev–Trinajstić information content (AvgIpc) is 2.63. The minimum Gasteiger partial charge on any atom is -0.426 e. The second-order valence-corrected chi connectivity index (χ2v) is 6.98. The molecule has 0 aliphatic carbocycles. The third-order valence-electron chi connectivity index (χ3n) is 5.01. The van der Waals surface area contributed by atoms with Crippen molar-refractivity contribution in [3.63, 3.8) is 0 Å². The van der Waals surface area contributed by atoms with Crippen LogP contribution in [-0.2, 0) is 17.7 Å². The zero-order valence-electron chi connectivity index (χ0n) is 14.9. The van der Waals surface area contributed by atoms with Crippen molar-refractivity contribution in [2.75, 3.05) is 24.5 Å². The molecule has 10 heteroatoms. The fourth-order valence-electron chi connectivity index (χ4n) is 3.67. The SMILES string of the molecule is O=C(OC(C(F)(F)F)C(F)(F)F)N1CCc2c(cccc2N2CCCCC2)C1. The van der Waals surface area contributed by atoms with E-state index in [-0.39, 0.29) is 13.1 Å². The number of hydrogen-bond donors (Lipinski definition) is 0. The number of halogens is 6. The summed E-state index contributed by atoms with van der Waals surface area (Å²) in [5.74, 6) is 0. The second kappa shape index (κ2) is 7.71. The zero-order chi connectivity index (χ0) is 20.5. The number of amides is 1. The molecule has 1 aromatic rings. The quantitative estimate of drug-likeness (QED) is 0.665. The maximum absolute atomic E-state index is 12.6. The number of nitrogens with zero attached hydrogens (tertiary/aromatic N) is 2. The summed E-state index contributed by atoms with van der Waals surface area (Å²) in [6.07, 6.45) is -13.5. The van der Waals surface area contributed by atoms with E-state index in [9.17, 15) is 31.1 Å². The molecule has 0 spiro atoms. The first kappa shape index (κ1) is 20.6. The molecule has 1 amide bonds. The summed E-state index contributed by atoms with van der Waals surface area (Å²) in [6, 6.07) is 5.47. The molecule has 2 aliphatic heterocycles. The molecule has 0 aromatic heterocycles. The van der Waals surface area contributed by atoms with Gasteiger partial charge in [-0.05, 0) is 42.9 Å². The number of fused-ring (bicyclic) bond motifs is 1. The van der Waals surface area contributed by atoms with E-state index in [0.717, 1.165) is 48.5 Å². The van der Waals surface area contributed by atoms with Gasteiger partial charge in [-0.1, -0.05) is 12.1 Å².